The van der Waals surface area contributed by atoms with E-state index in [-0.39, 0.29) is 17.0 Å². The molecule has 0 aliphatic heterocycles. The van der Waals surface area contributed by atoms with Crippen molar-refractivity contribution < 1.29 is 4.79 Å². The molecule has 1 amide bonds. The van der Waals surface area contributed by atoms with Crippen LogP contribution in [0.3, 0.4) is 0 Å². The minimum Gasteiger partial charge on any atom is -0.355 e. The number of carbonyl (C=O) groups excluding carboxylic acids is 1. The molecule has 0 aliphatic rings. The largest absolute Gasteiger partial charge is 0.355 e. The zero-order valence-corrected chi connectivity index (χ0v) is 9.36. The molecule has 4 heteroatoms. The van der Waals surface area contributed by atoms with Gasteiger partial charge in [0.15, 0.2) is 0 Å². The van der Waals surface area contributed by atoms with E-state index in [1.807, 2.05) is 30.3 Å². The van der Waals surface area contributed by atoms with E-state index in [1.54, 1.807) is 6.07 Å². The van der Waals surface area contributed by atoms with Gasteiger partial charge in [-0.25, -0.2) is 0 Å². The molecule has 0 radical (unpaired) electrons. The van der Waals surface area contributed by atoms with Crippen molar-refractivity contribution in [2.75, 3.05) is 7.05 Å². The summed E-state index contributed by atoms with van der Waals surface area (Å²) in [5, 5.41) is 2.42. The smallest absolute Gasteiger partial charge is 0.261 e. The van der Waals surface area contributed by atoms with Gasteiger partial charge in [0, 0.05) is 12.7 Å². The molecule has 2 aromatic rings. The van der Waals surface area contributed by atoms with E-state index in [0.717, 1.165) is 5.56 Å². The van der Waals surface area contributed by atoms with Crippen molar-refractivity contribution in [3.8, 4) is 11.3 Å². The molecule has 2 rings (SSSR count). The molecule has 0 bridgehead atoms. The summed E-state index contributed by atoms with van der Waals surface area (Å²) in [5.74, 6) is -0.383. The lowest BCUT2D eigenvalue weighted by atomic mass is 10.1. The fraction of sp³-hybridized carbons (Fsp3) is 0.0769. The quantitative estimate of drug-likeness (QED) is 0.816. The Bertz CT molecular complexity index is 588. The van der Waals surface area contributed by atoms with Crippen LogP contribution in [0.1, 0.15) is 10.4 Å². The number of nitrogens with one attached hydrogen (secondary N) is 2. The van der Waals surface area contributed by atoms with Gasteiger partial charge in [0.1, 0.15) is 5.56 Å². The first-order chi connectivity index (χ1) is 8.22. The molecule has 1 aromatic carbocycles. The van der Waals surface area contributed by atoms with Gasteiger partial charge in [0.2, 0.25) is 0 Å². The van der Waals surface area contributed by atoms with Gasteiger partial charge < -0.3 is 10.3 Å². The molecule has 17 heavy (non-hydrogen) atoms. The highest BCUT2D eigenvalue weighted by Crippen LogP contribution is 2.14. The lowest BCUT2D eigenvalue weighted by Crippen LogP contribution is -2.26. The first kappa shape index (κ1) is 11.1. The Morgan fingerprint density at radius 2 is 1.82 bits per heavy atom. The van der Waals surface area contributed by atoms with Gasteiger partial charge in [-0.1, -0.05) is 30.3 Å². The van der Waals surface area contributed by atoms with E-state index >= 15 is 0 Å². The van der Waals surface area contributed by atoms with Crippen molar-refractivity contribution in [2.45, 2.75) is 0 Å². The van der Waals surface area contributed by atoms with E-state index in [1.165, 1.54) is 13.1 Å². The number of rotatable bonds is 2. The highest BCUT2D eigenvalue weighted by molar-refractivity contribution is 5.93. The molecule has 0 aliphatic carbocycles. The van der Waals surface area contributed by atoms with Gasteiger partial charge in [-0.3, -0.25) is 9.59 Å². The highest BCUT2D eigenvalue weighted by atomic mass is 16.2. The fourth-order valence-electron chi connectivity index (χ4n) is 1.57. The van der Waals surface area contributed by atoms with Crippen molar-refractivity contribution in [3.05, 3.63) is 58.4 Å². The first-order valence-corrected chi connectivity index (χ1v) is 5.23. The second kappa shape index (κ2) is 4.65. The third-order valence-corrected chi connectivity index (χ3v) is 2.47. The molecule has 1 aromatic heterocycles. The molecular weight excluding hydrogens is 216 g/mol. The number of H-pyrrole nitrogens is 1. The van der Waals surface area contributed by atoms with Gasteiger partial charge >= 0.3 is 0 Å². The lowest BCUT2D eigenvalue weighted by molar-refractivity contribution is 0.0961. The number of carbonyl (C=O) groups is 1. The molecule has 0 spiro atoms. The zero-order chi connectivity index (χ0) is 12.3. The number of hydrogen-bond donors (Lipinski definition) is 2. The van der Waals surface area contributed by atoms with E-state index < -0.39 is 0 Å². The molecule has 0 fully saturated rings. The summed E-state index contributed by atoms with van der Waals surface area (Å²) in [6.45, 7) is 0. The molecule has 2 N–H and O–H groups in total. The number of amides is 1. The zero-order valence-electron chi connectivity index (χ0n) is 9.36. The monoisotopic (exact) mass is 228 g/mol. The van der Waals surface area contributed by atoms with Crippen LogP contribution in [0.25, 0.3) is 11.3 Å². The molecule has 0 saturated heterocycles. The molecule has 0 saturated carbocycles. The molecule has 4 nitrogen and oxygen atoms in total. The Morgan fingerprint density at radius 3 is 2.41 bits per heavy atom. The van der Waals surface area contributed by atoms with Crippen LogP contribution >= 0.6 is 0 Å². The minimum atomic E-state index is -0.384. The summed E-state index contributed by atoms with van der Waals surface area (Å²) in [6.07, 6.45) is 0. The van der Waals surface area contributed by atoms with E-state index in [2.05, 4.69) is 10.3 Å². The lowest BCUT2D eigenvalue weighted by Gasteiger charge is -2.03. The van der Waals surface area contributed by atoms with Crippen LogP contribution in [0.5, 0.6) is 0 Å². The van der Waals surface area contributed by atoms with Crippen LogP contribution in [0, 0.1) is 0 Å². The third kappa shape index (κ3) is 2.25. The third-order valence-electron chi connectivity index (χ3n) is 2.47. The van der Waals surface area contributed by atoms with Gasteiger partial charge in [-0.2, -0.15) is 0 Å². The number of benzene rings is 1. The predicted molar refractivity (Wildman–Crippen MR) is 65.9 cm³/mol. The Morgan fingerprint density at radius 1 is 1.12 bits per heavy atom. The highest BCUT2D eigenvalue weighted by Gasteiger charge is 2.08. The van der Waals surface area contributed by atoms with Crippen molar-refractivity contribution in [2.24, 2.45) is 0 Å². The first-order valence-electron chi connectivity index (χ1n) is 5.23. The average molecular weight is 228 g/mol. The normalized spacial score (nSPS) is 9.94. The molecule has 0 unspecified atom stereocenters. The van der Waals surface area contributed by atoms with Crippen LogP contribution < -0.4 is 10.9 Å². The maximum absolute atomic E-state index is 11.7. The van der Waals surface area contributed by atoms with Gasteiger partial charge in [0.05, 0.1) is 0 Å². The maximum atomic E-state index is 11.7. The van der Waals surface area contributed by atoms with Crippen LogP contribution in [0.4, 0.5) is 0 Å². The number of hydrogen-bond acceptors (Lipinski definition) is 2. The second-order valence-corrected chi connectivity index (χ2v) is 3.56. The fourth-order valence-corrected chi connectivity index (χ4v) is 1.57. The van der Waals surface area contributed by atoms with Crippen molar-refractivity contribution in [3.63, 3.8) is 0 Å². The van der Waals surface area contributed by atoms with E-state index in [9.17, 15) is 9.59 Å². The predicted octanol–water partition coefficient (Wildman–Crippen LogP) is 1.40. The number of pyridine rings is 1. The SMILES string of the molecule is CNC(=O)c1ccc(-c2ccccc2)[nH]c1=O. The molecule has 86 valence electrons. The molecule has 0 atom stereocenters. The Kier molecular flexibility index (Phi) is 3.05. The Labute approximate surface area is 98.3 Å². The Hall–Kier alpha value is -2.36. The molecular formula is C13H12N2O2. The maximum Gasteiger partial charge on any atom is 0.261 e. The van der Waals surface area contributed by atoms with Crippen LogP contribution in [-0.2, 0) is 0 Å². The summed E-state index contributed by atoms with van der Waals surface area (Å²) in [7, 11) is 1.49. The van der Waals surface area contributed by atoms with Crippen molar-refractivity contribution in [1.29, 1.82) is 0 Å². The Balaban J connectivity index is 2.45. The topological polar surface area (TPSA) is 62.0 Å². The summed E-state index contributed by atoms with van der Waals surface area (Å²) < 4.78 is 0. The molecule has 1 heterocycles. The summed E-state index contributed by atoms with van der Waals surface area (Å²) in [6, 6.07) is 12.7. The van der Waals surface area contributed by atoms with E-state index in [0.29, 0.717) is 5.69 Å². The van der Waals surface area contributed by atoms with Crippen molar-refractivity contribution >= 4 is 5.91 Å². The standard InChI is InChI=1S/C13H12N2O2/c1-14-12(16)10-7-8-11(15-13(10)17)9-5-3-2-4-6-9/h2-8H,1H3,(H,14,16)(H,15,17). The van der Waals surface area contributed by atoms with E-state index in [4.69, 9.17) is 0 Å². The number of aromatic amines is 1. The average Bonchev–Trinajstić information content (AvgIpc) is 2.39. The van der Waals surface area contributed by atoms with Crippen LogP contribution in [0.2, 0.25) is 0 Å². The van der Waals surface area contributed by atoms with Gasteiger partial charge in [-0.05, 0) is 17.7 Å². The van der Waals surface area contributed by atoms with Crippen molar-refractivity contribution in [1.82, 2.24) is 10.3 Å². The second-order valence-electron chi connectivity index (χ2n) is 3.56. The summed E-state index contributed by atoms with van der Waals surface area (Å²) in [5.41, 5.74) is 1.34. The van der Waals surface area contributed by atoms with Gasteiger partial charge in [-0.15, -0.1) is 0 Å². The number of aromatic nitrogens is 1. The summed E-state index contributed by atoms with van der Waals surface area (Å²) in [4.78, 5) is 25.7. The summed E-state index contributed by atoms with van der Waals surface area (Å²) >= 11 is 0. The van der Waals surface area contributed by atoms with Gasteiger partial charge in [0.25, 0.3) is 11.5 Å². The van der Waals surface area contributed by atoms with Crippen LogP contribution in [-0.4, -0.2) is 17.9 Å². The minimum absolute atomic E-state index is 0.118. The van der Waals surface area contributed by atoms with Crippen LogP contribution in [0.15, 0.2) is 47.3 Å².